The van der Waals surface area contributed by atoms with Gasteiger partial charge < -0.3 is 5.32 Å². The van der Waals surface area contributed by atoms with E-state index in [-0.39, 0.29) is 5.56 Å². The van der Waals surface area contributed by atoms with Crippen LogP contribution in [0.3, 0.4) is 0 Å². The maximum atomic E-state index is 13.1. The van der Waals surface area contributed by atoms with Gasteiger partial charge in [0.1, 0.15) is 10.7 Å². The summed E-state index contributed by atoms with van der Waals surface area (Å²) in [7, 11) is 0. The van der Waals surface area contributed by atoms with Crippen molar-refractivity contribution < 1.29 is 0 Å². The van der Waals surface area contributed by atoms with Gasteiger partial charge in [-0.1, -0.05) is 18.2 Å². The summed E-state index contributed by atoms with van der Waals surface area (Å²) in [4.78, 5) is 19.8. The van der Waals surface area contributed by atoms with Crippen molar-refractivity contribution in [1.82, 2.24) is 9.66 Å². The minimum Gasteiger partial charge on any atom is -0.331 e. The molecule has 2 N–H and O–H groups in total. The minimum atomic E-state index is -0.0703. The van der Waals surface area contributed by atoms with E-state index in [9.17, 15) is 4.79 Å². The largest absolute Gasteiger partial charge is 0.331 e. The average Bonchev–Trinajstić information content (AvgIpc) is 2.97. The predicted octanol–water partition coefficient (Wildman–Crippen LogP) is 3.59. The molecule has 5 nitrogen and oxygen atoms in total. The van der Waals surface area contributed by atoms with Gasteiger partial charge in [0.15, 0.2) is 5.11 Å². The number of hydrogen-bond acceptors (Lipinski definition) is 4. The molecule has 4 rings (SSSR count). The van der Waals surface area contributed by atoms with Crippen LogP contribution in [0.15, 0.2) is 35.1 Å². The maximum absolute atomic E-state index is 13.1. The highest BCUT2D eigenvalue weighted by molar-refractivity contribution is 7.80. The second-order valence-electron chi connectivity index (χ2n) is 6.12. The van der Waals surface area contributed by atoms with Crippen molar-refractivity contribution >= 4 is 44.6 Å². The van der Waals surface area contributed by atoms with Crippen LogP contribution in [0.2, 0.25) is 0 Å². The number of thiophene rings is 1. The van der Waals surface area contributed by atoms with Gasteiger partial charge in [-0.2, -0.15) is 0 Å². The Bertz CT molecular complexity index is 1010. The van der Waals surface area contributed by atoms with Crippen LogP contribution in [-0.4, -0.2) is 14.8 Å². The van der Waals surface area contributed by atoms with Gasteiger partial charge in [-0.25, -0.2) is 9.66 Å². The summed E-state index contributed by atoms with van der Waals surface area (Å²) in [5, 5.41) is 4.20. The number of nitrogens with zero attached hydrogens (tertiary/aromatic N) is 2. The molecule has 0 bridgehead atoms. The van der Waals surface area contributed by atoms with Crippen molar-refractivity contribution in [3.63, 3.8) is 0 Å². The molecule has 128 valence electrons. The Morgan fingerprint density at radius 1 is 1.24 bits per heavy atom. The number of rotatable bonds is 2. The fraction of sp³-hybridized carbons (Fsp3) is 0.278. The Morgan fingerprint density at radius 3 is 2.80 bits per heavy atom. The first-order valence-corrected chi connectivity index (χ1v) is 9.53. The van der Waals surface area contributed by atoms with Gasteiger partial charge >= 0.3 is 0 Å². The third kappa shape index (κ3) is 3.05. The molecule has 0 saturated heterocycles. The number of hydrogen-bond donors (Lipinski definition) is 2. The van der Waals surface area contributed by atoms with Crippen molar-refractivity contribution in [3.8, 4) is 0 Å². The number of anilines is 1. The van der Waals surface area contributed by atoms with Crippen molar-refractivity contribution in [2.24, 2.45) is 0 Å². The summed E-state index contributed by atoms with van der Waals surface area (Å²) in [6.07, 6.45) is 4.34. The Morgan fingerprint density at radius 2 is 2.00 bits per heavy atom. The third-order valence-electron chi connectivity index (χ3n) is 4.40. The van der Waals surface area contributed by atoms with Gasteiger partial charge in [0.25, 0.3) is 5.56 Å². The Hall–Kier alpha value is -2.25. The molecule has 25 heavy (non-hydrogen) atoms. The SMILES string of the molecule is Cc1nc2sc3c(c2c(=O)n1NC(=S)Nc1ccccc1)CCCC3. The van der Waals surface area contributed by atoms with Crippen molar-refractivity contribution in [1.29, 1.82) is 0 Å². The molecule has 0 fully saturated rings. The molecule has 0 radical (unpaired) electrons. The van der Waals surface area contributed by atoms with Crippen LogP contribution < -0.4 is 16.3 Å². The third-order valence-corrected chi connectivity index (χ3v) is 5.78. The van der Waals surface area contributed by atoms with Crippen molar-refractivity contribution in [2.75, 3.05) is 10.7 Å². The fourth-order valence-corrected chi connectivity index (χ4v) is 4.73. The molecule has 0 unspecified atom stereocenters. The quantitative estimate of drug-likeness (QED) is 0.675. The van der Waals surface area contributed by atoms with Crippen molar-refractivity contribution in [2.45, 2.75) is 32.6 Å². The lowest BCUT2D eigenvalue weighted by molar-refractivity contribution is 0.699. The zero-order valence-corrected chi connectivity index (χ0v) is 15.5. The van der Waals surface area contributed by atoms with Gasteiger partial charge in [0.2, 0.25) is 0 Å². The molecule has 0 saturated carbocycles. The molecule has 0 atom stereocenters. The molecular weight excluding hydrogens is 352 g/mol. The highest BCUT2D eigenvalue weighted by atomic mass is 32.1. The van der Waals surface area contributed by atoms with E-state index in [1.165, 1.54) is 21.5 Å². The molecule has 1 aromatic carbocycles. The molecule has 2 heterocycles. The minimum absolute atomic E-state index is 0.0703. The van der Waals surface area contributed by atoms with Crippen molar-refractivity contribution in [3.05, 3.63) is 57.0 Å². The summed E-state index contributed by atoms with van der Waals surface area (Å²) in [6, 6.07) is 9.62. The second-order valence-corrected chi connectivity index (χ2v) is 7.61. The first-order chi connectivity index (χ1) is 12.1. The lowest BCUT2D eigenvalue weighted by atomic mass is 9.97. The summed E-state index contributed by atoms with van der Waals surface area (Å²) in [5.41, 5.74) is 4.96. The normalized spacial score (nSPS) is 13.5. The van der Waals surface area contributed by atoms with E-state index in [0.29, 0.717) is 10.9 Å². The van der Waals surface area contributed by atoms with Crippen LogP contribution in [0.4, 0.5) is 5.69 Å². The first kappa shape index (κ1) is 16.2. The van der Waals surface area contributed by atoms with E-state index in [2.05, 4.69) is 15.7 Å². The Kier molecular flexibility index (Phi) is 4.27. The number of nitrogens with one attached hydrogen (secondary N) is 2. The van der Waals surface area contributed by atoms with Crippen LogP contribution >= 0.6 is 23.6 Å². The van der Waals surface area contributed by atoms with Crippen LogP contribution in [0, 0.1) is 6.92 Å². The summed E-state index contributed by atoms with van der Waals surface area (Å²) in [6.45, 7) is 1.82. The lowest BCUT2D eigenvalue weighted by Crippen LogP contribution is -2.37. The molecular formula is C18H18N4OS2. The molecule has 0 spiro atoms. The molecule has 0 aliphatic heterocycles. The van der Waals surface area contributed by atoms with Crippen LogP contribution in [-0.2, 0) is 12.8 Å². The summed E-state index contributed by atoms with van der Waals surface area (Å²) in [5.74, 6) is 0.605. The zero-order valence-electron chi connectivity index (χ0n) is 13.8. The van der Waals surface area contributed by atoms with E-state index in [4.69, 9.17) is 12.2 Å². The second kappa shape index (κ2) is 6.57. The van der Waals surface area contributed by atoms with Gasteiger partial charge in [-0.15, -0.1) is 11.3 Å². The summed E-state index contributed by atoms with van der Waals surface area (Å²) < 4.78 is 1.45. The van der Waals surface area contributed by atoms with Crippen LogP contribution in [0.1, 0.15) is 29.1 Å². The molecule has 2 aromatic heterocycles. The first-order valence-electron chi connectivity index (χ1n) is 8.30. The maximum Gasteiger partial charge on any atom is 0.281 e. The molecule has 3 aromatic rings. The highest BCUT2D eigenvalue weighted by Gasteiger charge is 2.21. The topological polar surface area (TPSA) is 59.0 Å². The van der Waals surface area contributed by atoms with E-state index >= 15 is 0 Å². The smallest absolute Gasteiger partial charge is 0.281 e. The van der Waals surface area contributed by atoms with Gasteiger partial charge in [-0.05, 0) is 62.5 Å². The van der Waals surface area contributed by atoms with E-state index < -0.39 is 0 Å². The van der Waals surface area contributed by atoms with Gasteiger partial charge in [0.05, 0.1) is 5.39 Å². The van der Waals surface area contributed by atoms with Crippen LogP contribution in [0.25, 0.3) is 10.2 Å². The zero-order chi connectivity index (χ0) is 17.4. The van der Waals surface area contributed by atoms with E-state index in [1.807, 2.05) is 37.3 Å². The number of thiocarbonyl (C=S) groups is 1. The standard InChI is InChI=1S/C18H18N4OS2/c1-11-19-16-15(13-9-5-6-10-14(13)25-16)17(23)22(11)21-18(24)20-12-7-3-2-4-8-12/h2-4,7-8H,5-6,9-10H2,1H3,(H2,20,21,24). The molecule has 1 aliphatic rings. The Labute approximate surface area is 154 Å². The van der Waals surface area contributed by atoms with E-state index in [1.54, 1.807) is 11.3 Å². The number of aromatic nitrogens is 2. The van der Waals surface area contributed by atoms with Gasteiger partial charge in [0, 0.05) is 10.6 Å². The average molecular weight is 371 g/mol. The molecule has 0 amide bonds. The molecule has 1 aliphatic carbocycles. The number of para-hydroxylation sites is 1. The van der Waals surface area contributed by atoms with E-state index in [0.717, 1.165) is 35.2 Å². The van der Waals surface area contributed by atoms with Gasteiger partial charge in [-0.3, -0.25) is 10.2 Å². The Balaban J connectivity index is 1.69. The summed E-state index contributed by atoms with van der Waals surface area (Å²) >= 11 is 7.01. The highest BCUT2D eigenvalue weighted by Crippen LogP contribution is 2.33. The lowest BCUT2D eigenvalue weighted by Gasteiger charge is -2.15. The monoisotopic (exact) mass is 370 g/mol. The molecule has 7 heteroatoms. The fourth-order valence-electron chi connectivity index (χ4n) is 3.22. The number of benzene rings is 1. The van der Waals surface area contributed by atoms with Crippen LogP contribution in [0.5, 0.6) is 0 Å². The predicted molar refractivity (Wildman–Crippen MR) is 107 cm³/mol. The number of aryl methyl sites for hydroxylation is 3. The number of fused-ring (bicyclic) bond motifs is 3.